The van der Waals surface area contributed by atoms with Gasteiger partial charge in [0.15, 0.2) is 5.84 Å². The molecule has 110 valence electrons. The number of anilines is 1. The van der Waals surface area contributed by atoms with Crippen LogP contribution in [0.25, 0.3) is 11.1 Å². The molecule has 0 bridgehead atoms. The first-order valence-electron chi connectivity index (χ1n) is 6.47. The van der Waals surface area contributed by atoms with Crippen LogP contribution in [0.5, 0.6) is 5.75 Å². The van der Waals surface area contributed by atoms with Gasteiger partial charge < -0.3 is 10.5 Å². The number of hydrogen-bond acceptors (Lipinski definition) is 5. The van der Waals surface area contributed by atoms with Crippen LogP contribution in [0.4, 0.5) is 5.69 Å². The number of ether oxygens (including phenoxy) is 1. The number of hydrazone groups is 1. The van der Waals surface area contributed by atoms with E-state index in [0.29, 0.717) is 5.69 Å². The lowest BCUT2D eigenvalue weighted by Crippen LogP contribution is -2.21. The summed E-state index contributed by atoms with van der Waals surface area (Å²) in [6, 6.07) is 16.9. The van der Waals surface area contributed by atoms with Crippen LogP contribution < -0.4 is 15.9 Å². The highest BCUT2D eigenvalue weighted by molar-refractivity contribution is 6.45. The van der Waals surface area contributed by atoms with Crippen LogP contribution in [-0.4, -0.2) is 18.7 Å². The largest absolute Gasteiger partial charge is 0.496 e. The highest BCUT2D eigenvalue weighted by Gasteiger charge is 2.07. The fraction of sp³-hybridized carbons (Fsp3) is 0.0625. The minimum absolute atomic E-state index is 0.169. The van der Waals surface area contributed by atoms with Crippen LogP contribution in [0.2, 0.25) is 0 Å². The van der Waals surface area contributed by atoms with Gasteiger partial charge in [-0.3, -0.25) is 10.8 Å². The average molecular weight is 293 g/mol. The van der Waals surface area contributed by atoms with Crippen LogP contribution >= 0.6 is 0 Å². The van der Waals surface area contributed by atoms with E-state index in [0.717, 1.165) is 16.9 Å². The molecule has 2 aromatic rings. The monoisotopic (exact) mass is 293 g/mol. The highest BCUT2D eigenvalue weighted by atomic mass is 16.5. The SMILES string of the molecule is COc1ccc(N/N=C(\C#N)C(=N)N)cc1-c1ccccc1. The van der Waals surface area contributed by atoms with E-state index in [-0.39, 0.29) is 11.5 Å². The van der Waals surface area contributed by atoms with Gasteiger partial charge in [-0.05, 0) is 23.8 Å². The van der Waals surface area contributed by atoms with Crippen molar-refractivity contribution in [2.24, 2.45) is 10.8 Å². The Labute approximate surface area is 128 Å². The maximum absolute atomic E-state index is 8.83. The predicted molar refractivity (Wildman–Crippen MR) is 87.0 cm³/mol. The van der Waals surface area contributed by atoms with Crippen LogP contribution in [0.15, 0.2) is 53.6 Å². The Morgan fingerprint density at radius 3 is 2.59 bits per heavy atom. The maximum Gasteiger partial charge on any atom is 0.201 e. The molecule has 22 heavy (non-hydrogen) atoms. The second-order valence-electron chi connectivity index (χ2n) is 4.38. The molecule has 6 heteroatoms. The van der Waals surface area contributed by atoms with Gasteiger partial charge in [0.1, 0.15) is 11.8 Å². The van der Waals surface area contributed by atoms with Gasteiger partial charge in [0.25, 0.3) is 0 Å². The number of methoxy groups -OCH3 is 1. The summed E-state index contributed by atoms with van der Waals surface area (Å²) in [4.78, 5) is 0. The molecule has 6 nitrogen and oxygen atoms in total. The van der Waals surface area contributed by atoms with Crippen molar-refractivity contribution in [1.29, 1.82) is 10.7 Å². The summed E-state index contributed by atoms with van der Waals surface area (Å²) in [5.74, 6) is 0.347. The summed E-state index contributed by atoms with van der Waals surface area (Å²) < 4.78 is 5.37. The third-order valence-corrected chi connectivity index (χ3v) is 2.94. The maximum atomic E-state index is 8.83. The zero-order valence-electron chi connectivity index (χ0n) is 12.0. The van der Waals surface area contributed by atoms with Crippen molar-refractivity contribution in [2.75, 3.05) is 12.5 Å². The number of rotatable bonds is 5. The Hall–Kier alpha value is -3.33. The number of hydrogen-bond donors (Lipinski definition) is 3. The number of benzene rings is 2. The molecule has 0 aliphatic carbocycles. The smallest absolute Gasteiger partial charge is 0.201 e. The normalized spacial score (nSPS) is 10.6. The Bertz CT molecular complexity index is 747. The summed E-state index contributed by atoms with van der Waals surface area (Å²) in [7, 11) is 1.61. The van der Waals surface area contributed by atoms with Gasteiger partial charge in [-0.1, -0.05) is 30.3 Å². The summed E-state index contributed by atoms with van der Waals surface area (Å²) in [6.45, 7) is 0. The highest BCUT2D eigenvalue weighted by Crippen LogP contribution is 2.32. The average Bonchev–Trinajstić information content (AvgIpc) is 2.55. The van der Waals surface area contributed by atoms with Crippen molar-refractivity contribution in [3.8, 4) is 22.9 Å². The molecular weight excluding hydrogens is 278 g/mol. The van der Waals surface area contributed by atoms with Crippen molar-refractivity contribution in [3.05, 3.63) is 48.5 Å². The van der Waals surface area contributed by atoms with Gasteiger partial charge in [-0.25, -0.2) is 0 Å². The molecule has 0 aliphatic rings. The van der Waals surface area contributed by atoms with Gasteiger partial charge >= 0.3 is 0 Å². The van der Waals surface area contributed by atoms with E-state index < -0.39 is 0 Å². The van der Waals surface area contributed by atoms with Crippen molar-refractivity contribution in [1.82, 2.24) is 0 Å². The Morgan fingerprint density at radius 2 is 2.00 bits per heavy atom. The van der Waals surface area contributed by atoms with E-state index in [4.69, 9.17) is 21.1 Å². The molecule has 0 saturated heterocycles. The first kappa shape index (κ1) is 15.1. The zero-order valence-corrected chi connectivity index (χ0v) is 12.0. The lowest BCUT2D eigenvalue weighted by atomic mass is 10.0. The first-order valence-corrected chi connectivity index (χ1v) is 6.47. The van der Waals surface area contributed by atoms with E-state index in [1.165, 1.54) is 0 Å². The molecule has 2 aromatic carbocycles. The molecule has 0 unspecified atom stereocenters. The number of nitriles is 1. The van der Waals surface area contributed by atoms with E-state index in [1.54, 1.807) is 25.3 Å². The molecule has 0 spiro atoms. The quantitative estimate of drug-likeness (QED) is 0.447. The Morgan fingerprint density at radius 1 is 1.27 bits per heavy atom. The minimum atomic E-state index is -0.383. The van der Waals surface area contributed by atoms with Crippen LogP contribution in [-0.2, 0) is 0 Å². The fourth-order valence-electron chi connectivity index (χ4n) is 1.89. The molecule has 0 fully saturated rings. The molecule has 0 atom stereocenters. The Balaban J connectivity index is 2.36. The van der Waals surface area contributed by atoms with Gasteiger partial charge in [-0.15, -0.1) is 0 Å². The van der Waals surface area contributed by atoms with Crippen molar-refractivity contribution in [2.45, 2.75) is 0 Å². The summed E-state index contributed by atoms with van der Waals surface area (Å²) in [5, 5.41) is 19.9. The first-order chi connectivity index (χ1) is 10.7. The van der Waals surface area contributed by atoms with Crippen LogP contribution in [0, 0.1) is 16.7 Å². The van der Waals surface area contributed by atoms with E-state index >= 15 is 0 Å². The van der Waals surface area contributed by atoms with Crippen molar-refractivity contribution >= 4 is 17.2 Å². The third-order valence-electron chi connectivity index (χ3n) is 2.94. The topological polar surface area (TPSA) is 107 Å². The molecule has 0 aliphatic heterocycles. The summed E-state index contributed by atoms with van der Waals surface area (Å²) >= 11 is 0. The summed E-state index contributed by atoms with van der Waals surface area (Å²) in [5.41, 5.74) is 10.4. The number of nitrogens with zero attached hydrogens (tertiary/aromatic N) is 2. The second kappa shape index (κ2) is 6.90. The third kappa shape index (κ3) is 3.41. The number of nitrogens with one attached hydrogen (secondary N) is 2. The molecular formula is C16H15N5O. The second-order valence-corrected chi connectivity index (χ2v) is 4.38. The number of amidine groups is 1. The van der Waals surface area contributed by atoms with E-state index in [2.05, 4.69) is 10.5 Å². The lowest BCUT2D eigenvalue weighted by Gasteiger charge is -2.11. The van der Waals surface area contributed by atoms with E-state index in [1.807, 2.05) is 36.4 Å². The minimum Gasteiger partial charge on any atom is -0.496 e. The fourth-order valence-corrected chi connectivity index (χ4v) is 1.89. The predicted octanol–water partition coefficient (Wildman–Crippen LogP) is 2.59. The molecule has 0 radical (unpaired) electrons. The molecule has 0 saturated carbocycles. The molecule has 2 rings (SSSR count). The molecule has 4 N–H and O–H groups in total. The van der Waals surface area contributed by atoms with Crippen LogP contribution in [0.1, 0.15) is 0 Å². The number of nitrogens with two attached hydrogens (primary N) is 1. The van der Waals surface area contributed by atoms with Gasteiger partial charge in [0.2, 0.25) is 5.71 Å². The summed E-state index contributed by atoms with van der Waals surface area (Å²) in [6.07, 6.45) is 0. The lowest BCUT2D eigenvalue weighted by molar-refractivity contribution is 0.416. The zero-order chi connectivity index (χ0) is 15.9. The molecule has 0 aromatic heterocycles. The van der Waals surface area contributed by atoms with E-state index in [9.17, 15) is 0 Å². The molecule has 0 heterocycles. The van der Waals surface area contributed by atoms with Gasteiger partial charge in [0, 0.05) is 5.56 Å². The molecule has 0 amide bonds. The van der Waals surface area contributed by atoms with Crippen molar-refractivity contribution < 1.29 is 4.74 Å². The van der Waals surface area contributed by atoms with Crippen molar-refractivity contribution in [3.63, 3.8) is 0 Å². The standard InChI is InChI=1S/C16H15N5O/c1-22-15-8-7-12(20-21-14(10-17)16(18)19)9-13(15)11-5-3-2-4-6-11/h2-9,20H,1H3,(H3,18,19)/b21-14+. The van der Waals surface area contributed by atoms with Gasteiger partial charge in [-0.2, -0.15) is 10.4 Å². The van der Waals surface area contributed by atoms with Gasteiger partial charge in [0.05, 0.1) is 12.8 Å². The Kier molecular flexibility index (Phi) is 4.73. The van der Waals surface area contributed by atoms with Crippen LogP contribution in [0.3, 0.4) is 0 Å².